The number of allylic oxidation sites excluding steroid dienone is 1. The molecule has 0 fully saturated rings. The highest BCUT2D eigenvalue weighted by Crippen LogP contribution is 2.36. The molecule has 0 saturated carbocycles. The molecule has 9 heteroatoms. The van der Waals surface area contributed by atoms with Crippen molar-refractivity contribution in [1.29, 1.82) is 0 Å². The van der Waals surface area contributed by atoms with Gasteiger partial charge in [-0.05, 0) is 91.6 Å². The van der Waals surface area contributed by atoms with Gasteiger partial charge in [-0.3, -0.25) is 9.36 Å². The highest BCUT2D eigenvalue weighted by Gasteiger charge is 2.34. The van der Waals surface area contributed by atoms with E-state index in [9.17, 15) is 9.59 Å². The van der Waals surface area contributed by atoms with E-state index in [1.807, 2.05) is 60.7 Å². The van der Waals surface area contributed by atoms with Gasteiger partial charge in [0.15, 0.2) is 4.80 Å². The first kappa shape index (κ1) is 32.1. The van der Waals surface area contributed by atoms with Crippen LogP contribution in [0.25, 0.3) is 6.08 Å². The average Bonchev–Trinajstić information content (AvgIpc) is 3.30. The fourth-order valence-corrected chi connectivity index (χ4v) is 7.65. The van der Waals surface area contributed by atoms with Crippen molar-refractivity contribution in [3.05, 3.63) is 129 Å². The summed E-state index contributed by atoms with van der Waals surface area (Å²) in [5.41, 5.74) is 4.80. The molecule has 0 amide bonds. The first-order valence-corrected chi connectivity index (χ1v) is 17.1. The number of benzene rings is 3. The van der Waals surface area contributed by atoms with E-state index < -0.39 is 12.0 Å². The molecule has 0 radical (unpaired) electrons. The van der Waals surface area contributed by atoms with Crippen molar-refractivity contribution in [3.63, 3.8) is 0 Å². The summed E-state index contributed by atoms with van der Waals surface area (Å²) >= 11 is 8.62. The molecule has 1 aliphatic rings. The summed E-state index contributed by atoms with van der Waals surface area (Å²) in [7, 11) is 0. The van der Waals surface area contributed by atoms with Gasteiger partial charge in [0.25, 0.3) is 5.56 Å². The average molecular weight is 739 g/mol. The predicted molar refractivity (Wildman–Crippen MR) is 183 cm³/mol. The van der Waals surface area contributed by atoms with Crippen LogP contribution in [0.15, 0.2) is 96.7 Å². The van der Waals surface area contributed by atoms with Crippen LogP contribution in [0.5, 0.6) is 5.75 Å². The van der Waals surface area contributed by atoms with Crippen LogP contribution in [0, 0.1) is 0 Å². The van der Waals surface area contributed by atoms with Crippen molar-refractivity contribution in [1.82, 2.24) is 4.57 Å². The molecule has 4 aromatic rings. The van der Waals surface area contributed by atoms with Crippen LogP contribution in [-0.2, 0) is 16.1 Å². The Bertz CT molecular complexity index is 1850. The maximum absolute atomic E-state index is 14.1. The molecule has 6 nitrogen and oxygen atoms in total. The van der Waals surface area contributed by atoms with Crippen LogP contribution < -0.4 is 19.6 Å². The number of rotatable bonds is 10. The summed E-state index contributed by atoms with van der Waals surface area (Å²) in [4.78, 5) is 33.0. The number of nitrogens with zero attached hydrogens (tertiary/aromatic N) is 2. The van der Waals surface area contributed by atoms with Crippen LogP contribution >= 0.6 is 43.2 Å². The summed E-state index contributed by atoms with van der Waals surface area (Å²) in [5.74, 6) is 0.599. The van der Waals surface area contributed by atoms with E-state index >= 15 is 0 Å². The molecule has 2 heterocycles. The second kappa shape index (κ2) is 14.2. The van der Waals surface area contributed by atoms with E-state index in [1.54, 1.807) is 11.5 Å². The molecular weight excluding hydrogens is 704 g/mol. The third kappa shape index (κ3) is 6.85. The van der Waals surface area contributed by atoms with E-state index in [2.05, 4.69) is 64.8 Å². The Morgan fingerprint density at radius 3 is 2.34 bits per heavy atom. The van der Waals surface area contributed by atoms with Gasteiger partial charge in [-0.2, -0.15) is 0 Å². The quantitative estimate of drug-likeness (QED) is 0.156. The van der Waals surface area contributed by atoms with E-state index in [-0.39, 0.29) is 12.2 Å². The lowest BCUT2D eigenvalue weighted by atomic mass is 9.92. The molecule has 1 aromatic heterocycles. The number of halogens is 2. The summed E-state index contributed by atoms with van der Waals surface area (Å²) in [6.45, 7) is 8.78. The largest absolute Gasteiger partial charge is 0.487 e. The van der Waals surface area contributed by atoms with Gasteiger partial charge in [0.05, 0.1) is 37.4 Å². The van der Waals surface area contributed by atoms with E-state index in [4.69, 9.17) is 14.5 Å². The molecule has 3 aromatic carbocycles. The Morgan fingerprint density at radius 1 is 1.05 bits per heavy atom. The minimum atomic E-state index is -0.637. The molecule has 5 rings (SSSR count). The minimum Gasteiger partial charge on any atom is -0.487 e. The Kier molecular flexibility index (Phi) is 10.4. The number of hydrogen-bond donors (Lipinski definition) is 0. The van der Waals surface area contributed by atoms with E-state index in [1.165, 1.54) is 16.9 Å². The number of hydrogen-bond acceptors (Lipinski definition) is 6. The van der Waals surface area contributed by atoms with E-state index in [0.29, 0.717) is 45.3 Å². The maximum atomic E-state index is 14.1. The van der Waals surface area contributed by atoms with Crippen molar-refractivity contribution >= 4 is 55.2 Å². The predicted octanol–water partition coefficient (Wildman–Crippen LogP) is 7.81. The fraction of sp³-hybridized carbons (Fsp3) is 0.286. The molecule has 0 bridgehead atoms. The Labute approximate surface area is 278 Å². The first-order chi connectivity index (χ1) is 21.2. The van der Waals surface area contributed by atoms with Crippen molar-refractivity contribution in [2.24, 2.45) is 4.99 Å². The SMILES string of the molecule is CCCC1=C(C(=O)OCC)[C@@H](c2ccc(C(C)C)cc2)n2c(s/c(=C\c3cc(Br)c(OCc4ccccc4)c(Br)c3)c2=O)=N1. The zero-order chi connectivity index (χ0) is 31.4. The van der Waals surface area contributed by atoms with Crippen LogP contribution in [0.4, 0.5) is 0 Å². The monoisotopic (exact) mass is 736 g/mol. The Morgan fingerprint density at radius 2 is 1.73 bits per heavy atom. The van der Waals surface area contributed by atoms with Crippen LogP contribution in [-0.4, -0.2) is 17.1 Å². The molecule has 0 N–H and O–H groups in total. The van der Waals surface area contributed by atoms with Gasteiger partial charge in [0.1, 0.15) is 12.4 Å². The van der Waals surface area contributed by atoms with E-state index in [0.717, 1.165) is 32.1 Å². The Balaban J connectivity index is 1.60. The normalized spacial score (nSPS) is 14.9. The van der Waals surface area contributed by atoms with Gasteiger partial charge in [-0.25, -0.2) is 9.79 Å². The molecule has 44 heavy (non-hydrogen) atoms. The number of ether oxygens (including phenoxy) is 2. The highest BCUT2D eigenvalue weighted by molar-refractivity contribution is 9.11. The zero-order valence-corrected chi connectivity index (χ0v) is 29.1. The van der Waals surface area contributed by atoms with Gasteiger partial charge >= 0.3 is 5.97 Å². The van der Waals surface area contributed by atoms with Crippen LogP contribution in [0.3, 0.4) is 0 Å². The van der Waals surface area contributed by atoms with Gasteiger partial charge in [-0.1, -0.05) is 93.1 Å². The number of fused-ring (bicyclic) bond motifs is 1. The molecule has 1 aliphatic heterocycles. The molecule has 0 unspecified atom stereocenters. The molecule has 0 aliphatic carbocycles. The third-order valence-electron chi connectivity index (χ3n) is 7.36. The number of aromatic nitrogens is 1. The van der Waals surface area contributed by atoms with Gasteiger partial charge in [0.2, 0.25) is 0 Å². The molecule has 228 valence electrons. The third-order valence-corrected chi connectivity index (χ3v) is 9.52. The molecule has 1 atom stereocenters. The van der Waals surface area contributed by atoms with Crippen molar-refractivity contribution < 1.29 is 14.3 Å². The lowest BCUT2D eigenvalue weighted by Crippen LogP contribution is -2.40. The molecular formula is C35H34Br2N2O4S. The number of esters is 1. The topological polar surface area (TPSA) is 69.9 Å². The Hall–Kier alpha value is -3.27. The lowest BCUT2D eigenvalue weighted by molar-refractivity contribution is -0.139. The molecule has 0 saturated heterocycles. The van der Waals surface area contributed by atoms with Gasteiger partial charge in [-0.15, -0.1) is 0 Å². The summed E-state index contributed by atoms with van der Waals surface area (Å²) in [6.07, 6.45) is 3.26. The second-order valence-corrected chi connectivity index (χ2v) is 13.5. The van der Waals surface area contributed by atoms with Crippen LogP contribution in [0.1, 0.15) is 74.8 Å². The number of carbonyl (C=O) groups is 1. The lowest BCUT2D eigenvalue weighted by Gasteiger charge is -2.26. The highest BCUT2D eigenvalue weighted by atomic mass is 79.9. The smallest absolute Gasteiger partial charge is 0.338 e. The minimum absolute atomic E-state index is 0.208. The van der Waals surface area contributed by atoms with Crippen molar-refractivity contribution in [2.45, 2.75) is 59.1 Å². The number of carbonyl (C=O) groups excluding carboxylic acids is 1. The van der Waals surface area contributed by atoms with Crippen molar-refractivity contribution in [2.75, 3.05) is 6.61 Å². The first-order valence-electron chi connectivity index (χ1n) is 14.7. The second-order valence-electron chi connectivity index (χ2n) is 10.8. The maximum Gasteiger partial charge on any atom is 0.338 e. The zero-order valence-electron chi connectivity index (χ0n) is 25.1. The van der Waals surface area contributed by atoms with Gasteiger partial charge in [0, 0.05) is 0 Å². The summed E-state index contributed by atoms with van der Waals surface area (Å²) < 4.78 is 15.3. The van der Waals surface area contributed by atoms with Gasteiger partial charge < -0.3 is 9.47 Å². The fourth-order valence-electron chi connectivity index (χ4n) is 5.18. The van der Waals surface area contributed by atoms with Crippen LogP contribution in [0.2, 0.25) is 0 Å². The number of thiazole rings is 1. The summed E-state index contributed by atoms with van der Waals surface area (Å²) in [5, 5.41) is 0. The standard InChI is InChI=1S/C35H34Br2N2O4S/c1-5-10-28-30(34(41)42-6-2)31(25-15-13-24(14-16-25)21(3)4)39-33(40)29(44-35(39)38-28)19-23-17-26(36)32(27(37)18-23)43-20-22-11-8-7-9-12-22/h7-9,11-19,21,31H,5-6,10,20H2,1-4H3/b29-19-/t31-/m1/s1. The summed E-state index contributed by atoms with van der Waals surface area (Å²) in [6, 6.07) is 21.3. The molecule has 0 spiro atoms. The van der Waals surface area contributed by atoms with Crippen molar-refractivity contribution in [3.8, 4) is 5.75 Å².